The van der Waals surface area contributed by atoms with Gasteiger partial charge >= 0.3 is 0 Å². The molecule has 0 spiro atoms. The molecule has 1 atom stereocenters. The zero-order chi connectivity index (χ0) is 15.5. The highest BCUT2D eigenvalue weighted by Crippen LogP contribution is 2.24. The normalized spacial score (nSPS) is 20.9. The Morgan fingerprint density at radius 1 is 1.38 bits per heavy atom. The fraction of sp³-hybridized carbons (Fsp3) is 0.571. The summed E-state index contributed by atoms with van der Waals surface area (Å²) in [5.41, 5.74) is 6.52. The van der Waals surface area contributed by atoms with Crippen LogP contribution in [0.4, 0.5) is 0 Å². The quantitative estimate of drug-likeness (QED) is 0.895. The number of hydrogen-bond acceptors (Lipinski definition) is 3. The smallest absolute Gasteiger partial charge is 0.282 e. The molecular formula is C14H22ClN3O2S. The number of benzene rings is 1. The molecule has 21 heavy (non-hydrogen) atoms. The molecule has 0 saturated carbocycles. The third-order valence-corrected chi connectivity index (χ3v) is 6.25. The highest BCUT2D eigenvalue weighted by atomic mass is 35.5. The number of halogens is 1. The van der Waals surface area contributed by atoms with E-state index in [2.05, 4.69) is 0 Å². The zero-order valence-electron chi connectivity index (χ0n) is 12.2. The van der Waals surface area contributed by atoms with E-state index in [1.807, 2.05) is 18.2 Å². The van der Waals surface area contributed by atoms with Gasteiger partial charge in [-0.3, -0.25) is 0 Å². The molecule has 0 aromatic heterocycles. The average molecular weight is 332 g/mol. The largest absolute Gasteiger partial charge is 0.329 e. The van der Waals surface area contributed by atoms with E-state index in [-0.39, 0.29) is 12.6 Å². The first-order valence-corrected chi connectivity index (χ1v) is 8.91. The van der Waals surface area contributed by atoms with Gasteiger partial charge in [-0.05, 0) is 24.5 Å². The third kappa shape index (κ3) is 3.76. The lowest BCUT2D eigenvalue weighted by Gasteiger charge is -2.36. The summed E-state index contributed by atoms with van der Waals surface area (Å²) in [6.45, 7) is 1.16. The van der Waals surface area contributed by atoms with Crippen molar-refractivity contribution >= 4 is 21.8 Å². The zero-order valence-corrected chi connectivity index (χ0v) is 13.8. The summed E-state index contributed by atoms with van der Waals surface area (Å²) in [5.74, 6) is 0. The van der Waals surface area contributed by atoms with Crippen LogP contribution in [0.2, 0.25) is 5.02 Å². The molecule has 1 aromatic rings. The molecule has 1 fully saturated rings. The van der Waals surface area contributed by atoms with E-state index < -0.39 is 10.2 Å². The Labute approximate surface area is 131 Å². The van der Waals surface area contributed by atoms with Gasteiger partial charge in [-0.25, -0.2) is 0 Å². The van der Waals surface area contributed by atoms with Crippen LogP contribution in [-0.2, 0) is 16.8 Å². The molecule has 0 radical (unpaired) electrons. The Morgan fingerprint density at radius 2 is 2.10 bits per heavy atom. The van der Waals surface area contributed by atoms with Gasteiger partial charge in [0.25, 0.3) is 10.2 Å². The van der Waals surface area contributed by atoms with Gasteiger partial charge < -0.3 is 5.73 Å². The SMILES string of the molecule is CN(Cc1ccccc1Cl)S(=O)(=O)N1CCCCC1CN. The van der Waals surface area contributed by atoms with E-state index >= 15 is 0 Å². The summed E-state index contributed by atoms with van der Waals surface area (Å²) in [6, 6.07) is 7.18. The van der Waals surface area contributed by atoms with Crippen LogP contribution in [0.5, 0.6) is 0 Å². The topological polar surface area (TPSA) is 66.6 Å². The van der Waals surface area contributed by atoms with Gasteiger partial charge in [0.1, 0.15) is 0 Å². The summed E-state index contributed by atoms with van der Waals surface area (Å²) < 4.78 is 28.3. The Kier molecular flexibility index (Phi) is 5.62. The summed E-state index contributed by atoms with van der Waals surface area (Å²) in [4.78, 5) is 0. The van der Waals surface area contributed by atoms with Crippen molar-refractivity contribution in [3.63, 3.8) is 0 Å². The van der Waals surface area contributed by atoms with Gasteiger partial charge in [-0.1, -0.05) is 36.2 Å². The summed E-state index contributed by atoms with van der Waals surface area (Å²) in [6.07, 6.45) is 2.74. The average Bonchev–Trinajstić information content (AvgIpc) is 2.49. The Bertz CT molecular complexity index is 579. The molecule has 1 unspecified atom stereocenters. The van der Waals surface area contributed by atoms with Crippen LogP contribution < -0.4 is 5.73 Å². The molecule has 0 aliphatic carbocycles. The predicted octanol–water partition coefficient (Wildman–Crippen LogP) is 1.83. The van der Waals surface area contributed by atoms with Crippen LogP contribution in [-0.4, -0.2) is 43.2 Å². The lowest BCUT2D eigenvalue weighted by Crippen LogP contribution is -2.51. The summed E-state index contributed by atoms with van der Waals surface area (Å²) in [7, 11) is -1.93. The number of nitrogens with two attached hydrogens (primary N) is 1. The minimum absolute atomic E-state index is 0.0996. The van der Waals surface area contributed by atoms with E-state index in [1.54, 1.807) is 13.1 Å². The maximum atomic E-state index is 12.7. The van der Waals surface area contributed by atoms with Crippen molar-refractivity contribution in [1.82, 2.24) is 8.61 Å². The fourth-order valence-electron chi connectivity index (χ4n) is 2.64. The van der Waals surface area contributed by atoms with Crippen LogP contribution in [0.3, 0.4) is 0 Å². The van der Waals surface area contributed by atoms with Crippen LogP contribution in [0.1, 0.15) is 24.8 Å². The van der Waals surface area contributed by atoms with Crippen molar-refractivity contribution in [1.29, 1.82) is 0 Å². The molecule has 2 N–H and O–H groups in total. The van der Waals surface area contributed by atoms with Crippen molar-refractivity contribution in [2.45, 2.75) is 31.8 Å². The van der Waals surface area contributed by atoms with Gasteiger partial charge in [0.2, 0.25) is 0 Å². The first-order valence-electron chi connectivity index (χ1n) is 7.13. The lowest BCUT2D eigenvalue weighted by atomic mass is 10.1. The van der Waals surface area contributed by atoms with Crippen LogP contribution >= 0.6 is 11.6 Å². The van der Waals surface area contributed by atoms with Crippen molar-refractivity contribution in [2.75, 3.05) is 20.1 Å². The summed E-state index contributed by atoms with van der Waals surface area (Å²) in [5, 5.41) is 0.577. The van der Waals surface area contributed by atoms with Crippen LogP contribution in [0.25, 0.3) is 0 Å². The van der Waals surface area contributed by atoms with Gasteiger partial charge in [0, 0.05) is 37.7 Å². The third-order valence-electron chi connectivity index (χ3n) is 3.89. The van der Waals surface area contributed by atoms with Gasteiger partial charge in [0.05, 0.1) is 0 Å². The highest BCUT2D eigenvalue weighted by Gasteiger charge is 2.34. The maximum Gasteiger partial charge on any atom is 0.282 e. The number of rotatable bonds is 5. The first-order chi connectivity index (χ1) is 9.96. The molecule has 7 heteroatoms. The second kappa shape index (κ2) is 7.07. The molecule has 1 aliphatic heterocycles. The molecule has 118 valence electrons. The minimum atomic E-state index is -3.51. The highest BCUT2D eigenvalue weighted by molar-refractivity contribution is 7.86. The van der Waals surface area contributed by atoms with Gasteiger partial charge in [-0.2, -0.15) is 17.0 Å². The first kappa shape index (κ1) is 16.7. The van der Waals surface area contributed by atoms with Crippen LogP contribution in [0, 0.1) is 0 Å². The van der Waals surface area contributed by atoms with E-state index in [1.165, 1.54) is 8.61 Å². The van der Waals surface area contributed by atoms with E-state index in [0.717, 1.165) is 24.8 Å². The Hall–Kier alpha value is -0.660. The van der Waals surface area contributed by atoms with Crippen molar-refractivity contribution in [2.24, 2.45) is 5.73 Å². The second-order valence-electron chi connectivity index (χ2n) is 5.35. The molecule has 2 rings (SSSR count). The van der Waals surface area contributed by atoms with Crippen LogP contribution in [0.15, 0.2) is 24.3 Å². The molecular weight excluding hydrogens is 310 g/mol. The van der Waals surface area contributed by atoms with Gasteiger partial charge in [-0.15, -0.1) is 0 Å². The van der Waals surface area contributed by atoms with Crippen molar-refractivity contribution in [3.8, 4) is 0 Å². The molecule has 1 aromatic carbocycles. The lowest BCUT2D eigenvalue weighted by molar-refractivity contribution is 0.240. The monoisotopic (exact) mass is 331 g/mol. The molecule has 1 heterocycles. The Morgan fingerprint density at radius 3 is 2.76 bits per heavy atom. The summed E-state index contributed by atoms with van der Waals surface area (Å²) >= 11 is 6.11. The van der Waals surface area contributed by atoms with Crippen molar-refractivity contribution < 1.29 is 8.42 Å². The fourth-order valence-corrected chi connectivity index (χ4v) is 4.42. The molecule has 0 amide bonds. The molecule has 0 bridgehead atoms. The predicted molar refractivity (Wildman–Crippen MR) is 85.2 cm³/mol. The van der Waals surface area contributed by atoms with Crippen molar-refractivity contribution in [3.05, 3.63) is 34.9 Å². The molecule has 1 saturated heterocycles. The minimum Gasteiger partial charge on any atom is -0.329 e. The number of hydrogen-bond donors (Lipinski definition) is 1. The Balaban J connectivity index is 2.16. The molecule has 1 aliphatic rings. The second-order valence-corrected chi connectivity index (χ2v) is 7.75. The maximum absolute atomic E-state index is 12.7. The van der Waals surface area contributed by atoms with Gasteiger partial charge in [0.15, 0.2) is 0 Å². The van der Waals surface area contributed by atoms with E-state index in [9.17, 15) is 8.42 Å². The standard InChI is InChI=1S/C14H22ClN3O2S/c1-17(11-12-6-2-3-8-14(12)15)21(19,20)18-9-5-4-7-13(18)10-16/h2-3,6,8,13H,4-5,7,9-11,16H2,1H3. The van der Waals surface area contributed by atoms with E-state index in [4.69, 9.17) is 17.3 Å². The number of nitrogens with zero attached hydrogens (tertiary/aromatic N) is 2. The number of piperidine rings is 1. The molecule has 5 nitrogen and oxygen atoms in total. The van der Waals surface area contributed by atoms with E-state index in [0.29, 0.717) is 18.1 Å².